The van der Waals surface area contributed by atoms with E-state index in [1.165, 1.54) is 42.2 Å². The Kier molecular flexibility index (Phi) is 3.79. The second kappa shape index (κ2) is 5.52. The molecule has 0 atom stereocenters. The van der Waals surface area contributed by atoms with Crippen LogP contribution in [0.4, 0.5) is 4.39 Å². The van der Waals surface area contributed by atoms with E-state index in [1.807, 2.05) is 0 Å². The zero-order valence-corrected chi connectivity index (χ0v) is 10.6. The fraction of sp³-hybridized carbons (Fsp3) is 0.154. The van der Waals surface area contributed by atoms with Gasteiger partial charge in [0, 0.05) is 19.8 Å². The number of amides is 1. The van der Waals surface area contributed by atoms with Gasteiger partial charge in [-0.25, -0.2) is 9.18 Å². The summed E-state index contributed by atoms with van der Waals surface area (Å²) in [6.07, 6.45) is 1.26. The fourth-order valence-electron chi connectivity index (χ4n) is 1.68. The first-order chi connectivity index (χ1) is 9.47. The van der Waals surface area contributed by atoms with Crippen LogP contribution in [-0.4, -0.2) is 26.8 Å². The third-order valence-electron chi connectivity index (χ3n) is 2.64. The molecule has 0 radical (unpaired) electrons. The van der Waals surface area contributed by atoms with Crippen molar-refractivity contribution in [2.45, 2.75) is 6.54 Å². The number of aryl methyl sites for hydroxylation is 1. The summed E-state index contributed by atoms with van der Waals surface area (Å²) < 4.78 is 14.0. The van der Waals surface area contributed by atoms with Crippen LogP contribution in [0.1, 0.15) is 26.4 Å². The average molecular weight is 277 g/mol. The van der Waals surface area contributed by atoms with Gasteiger partial charge in [-0.1, -0.05) is 12.1 Å². The number of hydrogen-bond acceptors (Lipinski definition) is 3. The summed E-state index contributed by atoms with van der Waals surface area (Å²) in [6.45, 7) is 0.161. The lowest BCUT2D eigenvalue weighted by Crippen LogP contribution is -2.25. The van der Waals surface area contributed by atoms with Crippen LogP contribution in [0, 0.1) is 5.82 Å². The number of aromatic carboxylic acids is 1. The molecule has 1 heterocycles. The van der Waals surface area contributed by atoms with Crippen LogP contribution in [0.25, 0.3) is 0 Å². The van der Waals surface area contributed by atoms with Crippen molar-refractivity contribution in [1.29, 1.82) is 0 Å². The number of aromatic nitrogens is 2. The van der Waals surface area contributed by atoms with Crippen LogP contribution in [0.15, 0.2) is 30.5 Å². The Bertz CT molecular complexity index is 649. The molecule has 0 saturated heterocycles. The normalized spacial score (nSPS) is 10.3. The lowest BCUT2D eigenvalue weighted by molar-refractivity contribution is 0.0691. The van der Waals surface area contributed by atoms with Gasteiger partial charge in [-0.3, -0.25) is 9.48 Å². The van der Waals surface area contributed by atoms with Gasteiger partial charge in [-0.2, -0.15) is 5.10 Å². The van der Waals surface area contributed by atoms with E-state index >= 15 is 0 Å². The number of carbonyl (C=O) groups is 2. The Balaban J connectivity index is 2.09. The van der Waals surface area contributed by atoms with Gasteiger partial charge in [0.05, 0.1) is 0 Å². The molecule has 0 spiro atoms. The van der Waals surface area contributed by atoms with Gasteiger partial charge in [0.15, 0.2) is 5.69 Å². The maximum Gasteiger partial charge on any atom is 0.339 e. The topological polar surface area (TPSA) is 84.2 Å². The monoisotopic (exact) mass is 277 g/mol. The number of hydrogen-bond donors (Lipinski definition) is 2. The van der Waals surface area contributed by atoms with E-state index in [4.69, 9.17) is 5.11 Å². The van der Waals surface area contributed by atoms with Crippen molar-refractivity contribution in [3.05, 3.63) is 53.1 Å². The van der Waals surface area contributed by atoms with E-state index in [0.717, 1.165) is 0 Å². The van der Waals surface area contributed by atoms with E-state index in [1.54, 1.807) is 0 Å². The Morgan fingerprint density at radius 1 is 1.35 bits per heavy atom. The summed E-state index contributed by atoms with van der Waals surface area (Å²) in [4.78, 5) is 22.9. The molecule has 0 aliphatic heterocycles. The van der Waals surface area contributed by atoms with Crippen molar-refractivity contribution >= 4 is 11.9 Å². The minimum atomic E-state index is -1.22. The van der Waals surface area contributed by atoms with Crippen LogP contribution in [0.5, 0.6) is 0 Å². The fourth-order valence-corrected chi connectivity index (χ4v) is 1.68. The minimum absolute atomic E-state index is 0.151. The standard InChI is InChI=1S/C13H12FN3O3/c1-17-7-10(13(19)20)11(16-17)12(18)15-6-8-2-4-9(14)5-3-8/h2-5,7H,6H2,1H3,(H,15,18)(H,19,20). The van der Waals surface area contributed by atoms with Crippen molar-refractivity contribution in [3.63, 3.8) is 0 Å². The highest BCUT2D eigenvalue weighted by molar-refractivity contribution is 6.03. The second-order valence-electron chi connectivity index (χ2n) is 4.18. The summed E-state index contributed by atoms with van der Waals surface area (Å²) >= 11 is 0. The molecule has 0 fully saturated rings. The number of carboxylic acid groups (broad SMARTS) is 1. The highest BCUT2D eigenvalue weighted by Gasteiger charge is 2.20. The smallest absolute Gasteiger partial charge is 0.339 e. The number of carboxylic acids is 1. The summed E-state index contributed by atoms with van der Waals surface area (Å²) in [5.41, 5.74) is 0.388. The quantitative estimate of drug-likeness (QED) is 0.879. The largest absolute Gasteiger partial charge is 0.478 e. The molecule has 2 aromatic rings. The molecule has 20 heavy (non-hydrogen) atoms. The average Bonchev–Trinajstić information content (AvgIpc) is 2.80. The number of carbonyl (C=O) groups excluding carboxylic acids is 1. The second-order valence-corrected chi connectivity index (χ2v) is 4.18. The molecule has 104 valence electrons. The van der Waals surface area contributed by atoms with Crippen LogP contribution >= 0.6 is 0 Å². The summed E-state index contributed by atoms with van der Waals surface area (Å²) in [5, 5.41) is 15.3. The zero-order chi connectivity index (χ0) is 14.7. The molecule has 1 aromatic carbocycles. The van der Waals surface area contributed by atoms with Gasteiger partial charge >= 0.3 is 5.97 Å². The third-order valence-corrected chi connectivity index (χ3v) is 2.64. The Morgan fingerprint density at radius 2 is 2.00 bits per heavy atom. The molecule has 6 nitrogen and oxygen atoms in total. The Morgan fingerprint density at radius 3 is 2.60 bits per heavy atom. The maximum absolute atomic E-state index is 12.7. The van der Waals surface area contributed by atoms with Crippen molar-refractivity contribution in [3.8, 4) is 0 Å². The van der Waals surface area contributed by atoms with E-state index < -0.39 is 11.9 Å². The predicted molar refractivity (Wildman–Crippen MR) is 67.7 cm³/mol. The molecular weight excluding hydrogens is 265 g/mol. The molecule has 2 rings (SSSR count). The van der Waals surface area contributed by atoms with Gasteiger partial charge in [-0.15, -0.1) is 0 Å². The van der Waals surface area contributed by atoms with Crippen LogP contribution in [0.2, 0.25) is 0 Å². The van der Waals surface area contributed by atoms with Gasteiger partial charge in [0.25, 0.3) is 5.91 Å². The number of halogens is 1. The maximum atomic E-state index is 12.7. The Hall–Kier alpha value is -2.70. The molecular formula is C13H12FN3O3. The molecule has 0 saturated carbocycles. The van der Waals surface area contributed by atoms with Gasteiger partial charge < -0.3 is 10.4 Å². The van der Waals surface area contributed by atoms with E-state index in [0.29, 0.717) is 5.56 Å². The number of rotatable bonds is 4. The third kappa shape index (κ3) is 3.00. The minimum Gasteiger partial charge on any atom is -0.478 e. The molecule has 2 N–H and O–H groups in total. The summed E-state index contributed by atoms with van der Waals surface area (Å²) in [6, 6.07) is 5.63. The molecule has 0 aliphatic carbocycles. The van der Waals surface area contributed by atoms with Crippen LogP contribution in [-0.2, 0) is 13.6 Å². The first kappa shape index (κ1) is 13.7. The first-order valence-corrected chi connectivity index (χ1v) is 5.77. The van der Waals surface area contributed by atoms with Crippen molar-refractivity contribution in [1.82, 2.24) is 15.1 Å². The number of nitrogens with zero attached hydrogens (tertiary/aromatic N) is 2. The molecule has 1 aromatic heterocycles. The van der Waals surface area contributed by atoms with E-state index in [9.17, 15) is 14.0 Å². The molecule has 7 heteroatoms. The van der Waals surface area contributed by atoms with Crippen LogP contribution < -0.4 is 5.32 Å². The highest BCUT2D eigenvalue weighted by atomic mass is 19.1. The zero-order valence-electron chi connectivity index (χ0n) is 10.6. The van der Waals surface area contributed by atoms with E-state index in [-0.39, 0.29) is 23.6 Å². The molecule has 0 bridgehead atoms. The number of benzene rings is 1. The van der Waals surface area contributed by atoms with Crippen molar-refractivity contribution in [2.24, 2.45) is 7.05 Å². The highest BCUT2D eigenvalue weighted by Crippen LogP contribution is 2.07. The van der Waals surface area contributed by atoms with Gasteiger partial charge in [0.2, 0.25) is 0 Å². The Labute approximate surface area is 113 Å². The molecule has 0 aliphatic rings. The lowest BCUT2D eigenvalue weighted by Gasteiger charge is -2.04. The summed E-state index contributed by atoms with van der Waals surface area (Å²) in [7, 11) is 1.53. The molecule has 0 unspecified atom stereocenters. The van der Waals surface area contributed by atoms with E-state index in [2.05, 4.69) is 10.4 Å². The SMILES string of the molecule is Cn1cc(C(=O)O)c(C(=O)NCc2ccc(F)cc2)n1. The molecule has 1 amide bonds. The first-order valence-electron chi connectivity index (χ1n) is 5.77. The van der Waals surface area contributed by atoms with Crippen molar-refractivity contribution < 1.29 is 19.1 Å². The number of nitrogens with one attached hydrogen (secondary N) is 1. The van der Waals surface area contributed by atoms with Gasteiger partial charge in [-0.05, 0) is 17.7 Å². The van der Waals surface area contributed by atoms with Gasteiger partial charge in [0.1, 0.15) is 11.4 Å². The predicted octanol–water partition coefficient (Wildman–Crippen LogP) is 1.19. The van der Waals surface area contributed by atoms with Crippen molar-refractivity contribution in [2.75, 3.05) is 0 Å². The van der Waals surface area contributed by atoms with Crippen LogP contribution in [0.3, 0.4) is 0 Å². The lowest BCUT2D eigenvalue weighted by atomic mass is 10.2. The summed E-state index contributed by atoms with van der Waals surface area (Å²) in [5.74, 6) is -2.17.